The normalized spacial score (nSPS) is 17.3. The number of hydrogen-bond donors (Lipinski definition) is 1. The van der Waals surface area contributed by atoms with Crippen LogP contribution in [-0.4, -0.2) is 6.54 Å². The first-order valence-electron chi connectivity index (χ1n) is 6.89. The molecule has 0 aliphatic heterocycles. The van der Waals surface area contributed by atoms with Crippen molar-refractivity contribution in [3.63, 3.8) is 0 Å². The fourth-order valence-corrected chi connectivity index (χ4v) is 2.75. The molecular formula is C15H16F5N. The van der Waals surface area contributed by atoms with Crippen molar-refractivity contribution < 1.29 is 22.0 Å². The molecule has 0 saturated heterocycles. The number of halogens is 5. The Morgan fingerprint density at radius 1 is 0.857 bits per heavy atom. The van der Waals surface area contributed by atoms with Crippen molar-refractivity contribution in [2.24, 2.45) is 11.7 Å². The van der Waals surface area contributed by atoms with Crippen molar-refractivity contribution in [2.45, 2.75) is 32.1 Å². The molecule has 0 heterocycles. The Kier molecular flexibility index (Phi) is 4.98. The van der Waals surface area contributed by atoms with Gasteiger partial charge in [-0.25, -0.2) is 22.0 Å². The zero-order chi connectivity index (χ0) is 15.6. The maximum absolute atomic E-state index is 13.7. The van der Waals surface area contributed by atoms with Crippen LogP contribution in [-0.2, 0) is 0 Å². The van der Waals surface area contributed by atoms with Crippen LogP contribution in [0.3, 0.4) is 0 Å². The van der Waals surface area contributed by atoms with Crippen LogP contribution in [0.4, 0.5) is 22.0 Å². The summed E-state index contributed by atoms with van der Waals surface area (Å²) in [5.41, 5.74) is 5.20. The minimum Gasteiger partial charge on any atom is -0.327 e. The summed E-state index contributed by atoms with van der Waals surface area (Å²) in [5, 5.41) is 0. The van der Waals surface area contributed by atoms with Crippen LogP contribution < -0.4 is 5.73 Å². The van der Waals surface area contributed by atoms with Gasteiger partial charge in [0.25, 0.3) is 0 Å². The third-order valence-corrected chi connectivity index (χ3v) is 3.94. The van der Waals surface area contributed by atoms with E-state index in [9.17, 15) is 22.0 Å². The maximum Gasteiger partial charge on any atom is 0.200 e. The summed E-state index contributed by atoms with van der Waals surface area (Å²) < 4.78 is 66.7. The summed E-state index contributed by atoms with van der Waals surface area (Å²) in [6.45, 7) is 0.0319. The lowest BCUT2D eigenvalue weighted by Crippen LogP contribution is -2.16. The molecule has 0 amide bonds. The maximum atomic E-state index is 13.7. The summed E-state index contributed by atoms with van der Waals surface area (Å²) in [6, 6.07) is 0. The van der Waals surface area contributed by atoms with Crippen molar-refractivity contribution >= 4 is 6.08 Å². The highest BCUT2D eigenvalue weighted by molar-refractivity contribution is 5.56. The molecule has 6 heteroatoms. The topological polar surface area (TPSA) is 26.0 Å². The second-order valence-corrected chi connectivity index (χ2v) is 5.24. The lowest BCUT2D eigenvalue weighted by atomic mass is 9.83. The Morgan fingerprint density at radius 2 is 1.33 bits per heavy atom. The molecule has 1 fully saturated rings. The van der Waals surface area contributed by atoms with Gasteiger partial charge in [-0.1, -0.05) is 24.8 Å². The van der Waals surface area contributed by atoms with Gasteiger partial charge < -0.3 is 5.73 Å². The number of nitrogens with two attached hydrogens (primary N) is 1. The van der Waals surface area contributed by atoms with E-state index in [1.807, 2.05) is 0 Å². The first-order valence-corrected chi connectivity index (χ1v) is 6.89. The Bertz CT molecular complexity index is 533. The molecule has 1 aliphatic carbocycles. The number of benzene rings is 1. The Morgan fingerprint density at radius 3 is 1.81 bits per heavy atom. The molecule has 116 valence electrons. The number of rotatable bonds is 3. The van der Waals surface area contributed by atoms with Gasteiger partial charge in [0, 0.05) is 6.54 Å². The van der Waals surface area contributed by atoms with E-state index in [0.29, 0.717) is 5.57 Å². The van der Waals surface area contributed by atoms with E-state index in [1.165, 1.54) is 0 Å². The van der Waals surface area contributed by atoms with Crippen molar-refractivity contribution in [1.82, 2.24) is 0 Å². The van der Waals surface area contributed by atoms with Crippen molar-refractivity contribution in [1.29, 1.82) is 0 Å². The number of hydrogen-bond acceptors (Lipinski definition) is 1. The van der Waals surface area contributed by atoms with Gasteiger partial charge in [0.1, 0.15) is 0 Å². The van der Waals surface area contributed by atoms with Gasteiger partial charge in [0.05, 0.1) is 5.56 Å². The van der Waals surface area contributed by atoms with Gasteiger partial charge in [0.2, 0.25) is 5.82 Å². The van der Waals surface area contributed by atoms with Crippen LogP contribution in [0.2, 0.25) is 0 Å². The molecule has 0 bridgehead atoms. The van der Waals surface area contributed by atoms with Crippen molar-refractivity contribution in [3.8, 4) is 0 Å². The zero-order valence-electron chi connectivity index (χ0n) is 11.4. The summed E-state index contributed by atoms with van der Waals surface area (Å²) in [6.07, 6.45) is 5.68. The van der Waals surface area contributed by atoms with Crippen LogP contribution in [0.25, 0.3) is 6.08 Å². The summed E-state index contributed by atoms with van der Waals surface area (Å²) in [4.78, 5) is 0. The van der Waals surface area contributed by atoms with Crippen LogP contribution in [0, 0.1) is 35.0 Å². The highest BCUT2D eigenvalue weighted by atomic mass is 19.2. The van der Waals surface area contributed by atoms with Gasteiger partial charge >= 0.3 is 0 Å². The van der Waals surface area contributed by atoms with E-state index in [2.05, 4.69) is 0 Å². The lowest BCUT2D eigenvalue weighted by Gasteiger charge is -2.24. The summed E-state index contributed by atoms with van der Waals surface area (Å²) in [5.74, 6) is -9.59. The predicted octanol–water partition coefficient (Wildman–Crippen LogP) is 4.30. The molecule has 0 unspecified atom stereocenters. The predicted molar refractivity (Wildman–Crippen MR) is 69.8 cm³/mol. The molecule has 21 heavy (non-hydrogen) atoms. The van der Waals surface area contributed by atoms with Gasteiger partial charge in [-0.3, -0.25) is 0 Å². The summed E-state index contributed by atoms with van der Waals surface area (Å²) >= 11 is 0. The highest BCUT2D eigenvalue weighted by Gasteiger charge is 2.26. The van der Waals surface area contributed by atoms with Crippen molar-refractivity contribution in [3.05, 3.63) is 40.2 Å². The molecule has 0 radical (unpaired) electrons. The molecule has 0 spiro atoms. The second kappa shape index (κ2) is 6.56. The SMILES string of the molecule is NCC(=Cc1c(F)c(F)c(F)c(F)c1F)C1CCCCC1. The molecule has 1 saturated carbocycles. The fourth-order valence-electron chi connectivity index (χ4n) is 2.75. The Balaban J connectivity index is 2.47. The second-order valence-electron chi connectivity index (χ2n) is 5.24. The zero-order valence-corrected chi connectivity index (χ0v) is 11.4. The average molecular weight is 305 g/mol. The van der Waals surface area contributed by atoms with Crippen LogP contribution in [0.1, 0.15) is 37.7 Å². The minimum absolute atomic E-state index is 0.0319. The van der Waals surface area contributed by atoms with E-state index in [1.54, 1.807) is 0 Å². The average Bonchev–Trinajstić information content (AvgIpc) is 2.52. The first kappa shape index (κ1) is 15.9. The van der Waals surface area contributed by atoms with Gasteiger partial charge in [-0.05, 0) is 24.8 Å². The lowest BCUT2D eigenvalue weighted by molar-refractivity contribution is 0.376. The van der Waals surface area contributed by atoms with E-state index in [-0.39, 0.29) is 12.5 Å². The fraction of sp³-hybridized carbons (Fsp3) is 0.467. The Labute approximate surface area is 119 Å². The minimum atomic E-state index is -2.14. The third-order valence-electron chi connectivity index (χ3n) is 3.94. The van der Waals surface area contributed by atoms with Crippen molar-refractivity contribution in [2.75, 3.05) is 6.54 Å². The molecule has 0 atom stereocenters. The standard InChI is InChI=1S/C15H16F5N/c16-11-10(12(17)14(19)15(20)13(11)18)6-9(7-21)8-4-2-1-3-5-8/h6,8H,1-5,7,21H2. The smallest absolute Gasteiger partial charge is 0.200 e. The van der Waals surface area contributed by atoms with Crippen LogP contribution >= 0.6 is 0 Å². The quantitative estimate of drug-likeness (QED) is 0.503. The molecule has 1 aliphatic rings. The molecular weight excluding hydrogens is 289 g/mol. The Hall–Kier alpha value is -1.43. The molecule has 0 aromatic heterocycles. The van der Waals surface area contributed by atoms with E-state index in [0.717, 1.165) is 38.2 Å². The first-order chi connectivity index (χ1) is 9.97. The van der Waals surface area contributed by atoms with Gasteiger partial charge in [0.15, 0.2) is 23.3 Å². The van der Waals surface area contributed by atoms with Gasteiger partial charge in [-0.2, -0.15) is 0 Å². The largest absolute Gasteiger partial charge is 0.327 e. The molecule has 1 nitrogen and oxygen atoms in total. The van der Waals surface area contributed by atoms with Crippen LogP contribution in [0.5, 0.6) is 0 Å². The molecule has 2 N–H and O–H groups in total. The molecule has 2 rings (SSSR count). The van der Waals surface area contributed by atoms with Gasteiger partial charge in [-0.15, -0.1) is 0 Å². The summed E-state index contributed by atoms with van der Waals surface area (Å²) in [7, 11) is 0. The highest BCUT2D eigenvalue weighted by Crippen LogP contribution is 2.32. The molecule has 1 aromatic rings. The van der Waals surface area contributed by atoms with E-state index >= 15 is 0 Å². The van der Waals surface area contributed by atoms with E-state index in [4.69, 9.17) is 5.73 Å². The monoisotopic (exact) mass is 305 g/mol. The molecule has 1 aromatic carbocycles. The third kappa shape index (κ3) is 3.10. The van der Waals surface area contributed by atoms with E-state index < -0.39 is 34.6 Å². The van der Waals surface area contributed by atoms with Crippen LogP contribution in [0.15, 0.2) is 5.57 Å².